The third kappa shape index (κ3) is 3.08. The predicted molar refractivity (Wildman–Crippen MR) is 106 cm³/mol. The third-order valence-electron chi connectivity index (χ3n) is 5.87. The maximum atomic E-state index is 5.63. The van der Waals surface area contributed by atoms with Crippen molar-refractivity contribution in [3.63, 3.8) is 0 Å². The van der Waals surface area contributed by atoms with Gasteiger partial charge in [-0.05, 0) is 31.9 Å². The van der Waals surface area contributed by atoms with E-state index >= 15 is 0 Å². The largest absolute Gasteiger partial charge is 0.377 e. The number of hydrogen-bond donors (Lipinski definition) is 1. The lowest BCUT2D eigenvalue weighted by Gasteiger charge is -2.34. The summed E-state index contributed by atoms with van der Waals surface area (Å²) in [5.41, 5.74) is 3.11. The molecule has 1 aliphatic carbocycles. The van der Waals surface area contributed by atoms with Crippen molar-refractivity contribution in [3.05, 3.63) is 36.3 Å². The van der Waals surface area contributed by atoms with Crippen LogP contribution in [0.3, 0.4) is 0 Å². The highest BCUT2D eigenvalue weighted by Crippen LogP contribution is 2.36. The van der Waals surface area contributed by atoms with Gasteiger partial charge in [-0.2, -0.15) is 0 Å². The Bertz CT molecular complexity index is 947. The molecule has 27 heavy (non-hydrogen) atoms. The number of anilines is 1. The van der Waals surface area contributed by atoms with Crippen LogP contribution in [-0.4, -0.2) is 45.7 Å². The van der Waals surface area contributed by atoms with E-state index in [1.165, 1.54) is 31.4 Å². The van der Waals surface area contributed by atoms with E-state index in [-0.39, 0.29) is 0 Å². The first kappa shape index (κ1) is 16.7. The fourth-order valence-corrected chi connectivity index (χ4v) is 4.37. The van der Waals surface area contributed by atoms with Gasteiger partial charge in [-0.25, -0.2) is 15.0 Å². The fraction of sp³-hybridized carbons (Fsp3) is 0.476. The zero-order valence-corrected chi connectivity index (χ0v) is 15.7. The Balaban J connectivity index is 1.64. The Hall–Kier alpha value is -2.47. The molecule has 1 unspecified atom stereocenters. The molecule has 3 aromatic rings. The predicted octanol–water partition coefficient (Wildman–Crippen LogP) is 3.90. The molecule has 1 saturated carbocycles. The van der Waals surface area contributed by atoms with E-state index in [9.17, 15) is 0 Å². The standard InChI is InChI=1S/C21H25N5O/c1-14-13-27-11-10-26(14)19-12-18(15-4-2-3-5-15)24-21(25-19)17-7-9-23-20-16(17)6-8-22-20/h6-9,12,14-15H,2-5,10-11,13H2,1H3,(H,22,23). The number of fused-ring (bicyclic) bond motifs is 1. The van der Waals surface area contributed by atoms with Gasteiger partial charge in [-0.1, -0.05) is 12.8 Å². The number of ether oxygens (including phenoxy) is 1. The molecule has 2 fully saturated rings. The summed E-state index contributed by atoms with van der Waals surface area (Å²) in [5, 5.41) is 1.07. The molecule has 4 heterocycles. The third-order valence-corrected chi connectivity index (χ3v) is 5.87. The Morgan fingerprint density at radius 3 is 2.93 bits per heavy atom. The van der Waals surface area contributed by atoms with Crippen LogP contribution < -0.4 is 4.90 Å². The Morgan fingerprint density at radius 1 is 1.19 bits per heavy atom. The number of aromatic amines is 1. The average Bonchev–Trinajstić information content (AvgIpc) is 3.39. The molecule has 0 spiro atoms. The highest BCUT2D eigenvalue weighted by Gasteiger charge is 2.25. The van der Waals surface area contributed by atoms with E-state index in [1.807, 2.05) is 18.5 Å². The van der Waals surface area contributed by atoms with Crippen molar-refractivity contribution >= 4 is 16.9 Å². The van der Waals surface area contributed by atoms with E-state index in [0.717, 1.165) is 48.0 Å². The molecule has 6 heteroatoms. The molecule has 1 atom stereocenters. The number of nitrogens with zero attached hydrogens (tertiary/aromatic N) is 4. The number of morpholine rings is 1. The summed E-state index contributed by atoms with van der Waals surface area (Å²) >= 11 is 0. The SMILES string of the molecule is CC1COCCN1c1cc(C2CCCC2)nc(-c2ccnc3[nH]ccc23)n1. The quantitative estimate of drug-likeness (QED) is 0.764. The second kappa shape index (κ2) is 6.93. The molecule has 0 radical (unpaired) electrons. The summed E-state index contributed by atoms with van der Waals surface area (Å²) in [6.07, 6.45) is 8.80. The van der Waals surface area contributed by atoms with Crippen LogP contribution in [0.15, 0.2) is 30.6 Å². The highest BCUT2D eigenvalue weighted by molar-refractivity contribution is 5.91. The van der Waals surface area contributed by atoms with Gasteiger partial charge in [0.05, 0.1) is 19.3 Å². The normalized spacial score (nSPS) is 21.2. The van der Waals surface area contributed by atoms with Gasteiger partial charge < -0.3 is 14.6 Å². The van der Waals surface area contributed by atoms with E-state index in [2.05, 4.69) is 33.9 Å². The first-order chi connectivity index (χ1) is 13.3. The van der Waals surface area contributed by atoms with Gasteiger partial charge in [0.2, 0.25) is 0 Å². The van der Waals surface area contributed by atoms with Crippen LogP contribution in [0.25, 0.3) is 22.4 Å². The fourth-order valence-electron chi connectivity index (χ4n) is 4.37. The second-order valence-corrected chi connectivity index (χ2v) is 7.67. The van der Waals surface area contributed by atoms with Crippen molar-refractivity contribution in [1.29, 1.82) is 0 Å². The maximum Gasteiger partial charge on any atom is 0.162 e. The molecule has 0 aromatic carbocycles. The monoisotopic (exact) mass is 363 g/mol. The molecular weight excluding hydrogens is 338 g/mol. The van der Waals surface area contributed by atoms with Gasteiger partial charge in [-0.3, -0.25) is 0 Å². The number of nitrogens with one attached hydrogen (secondary N) is 1. The van der Waals surface area contributed by atoms with Gasteiger partial charge in [0, 0.05) is 47.6 Å². The van der Waals surface area contributed by atoms with E-state index < -0.39 is 0 Å². The number of rotatable bonds is 3. The van der Waals surface area contributed by atoms with Crippen molar-refractivity contribution in [1.82, 2.24) is 19.9 Å². The topological polar surface area (TPSA) is 66.9 Å². The molecule has 0 amide bonds. The van der Waals surface area contributed by atoms with Gasteiger partial charge in [0.15, 0.2) is 5.82 Å². The Kier molecular flexibility index (Phi) is 4.28. The Labute approximate surface area is 159 Å². The first-order valence-corrected chi connectivity index (χ1v) is 9.95. The molecule has 6 nitrogen and oxygen atoms in total. The lowest BCUT2D eigenvalue weighted by atomic mass is 10.0. The zero-order chi connectivity index (χ0) is 18.2. The molecule has 5 rings (SSSR count). The first-order valence-electron chi connectivity index (χ1n) is 9.95. The summed E-state index contributed by atoms with van der Waals surface area (Å²) in [6, 6.07) is 6.62. The molecule has 0 bridgehead atoms. The number of pyridine rings is 1. The van der Waals surface area contributed by atoms with Gasteiger partial charge in [0.25, 0.3) is 0 Å². The molecular formula is C21H25N5O. The van der Waals surface area contributed by atoms with Crippen molar-refractivity contribution in [3.8, 4) is 11.4 Å². The zero-order valence-electron chi connectivity index (χ0n) is 15.7. The summed E-state index contributed by atoms with van der Waals surface area (Å²) in [5.74, 6) is 2.38. The van der Waals surface area contributed by atoms with Crippen LogP contribution in [0, 0.1) is 0 Å². The maximum absolute atomic E-state index is 5.63. The number of aromatic nitrogens is 4. The summed E-state index contributed by atoms with van der Waals surface area (Å²) in [6.45, 7) is 4.57. The lowest BCUT2D eigenvalue weighted by molar-refractivity contribution is 0.0985. The van der Waals surface area contributed by atoms with Crippen LogP contribution in [0.4, 0.5) is 5.82 Å². The van der Waals surface area contributed by atoms with Crippen molar-refractivity contribution in [2.24, 2.45) is 0 Å². The van der Waals surface area contributed by atoms with Crippen LogP contribution in [0.2, 0.25) is 0 Å². The van der Waals surface area contributed by atoms with E-state index in [4.69, 9.17) is 14.7 Å². The number of hydrogen-bond acceptors (Lipinski definition) is 5. The molecule has 3 aromatic heterocycles. The Morgan fingerprint density at radius 2 is 2.07 bits per heavy atom. The lowest BCUT2D eigenvalue weighted by Crippen LogP contribution is -2.44. The average molecular weight is 363 g/mol. The molecule has 2 aliphatic rings. The minimum atomic E-state index is 0.322. The van der Waals surface area contributed by atoms with Crippen LogP contribution in [0.1, 0.15) is 44.2 Å². The minimum Gasteiger partial charge on any atom is -0.377 e. The molecule has 140 valence electrons. The van der Waals surface area contributed by atoms with Crippen molar-refractivity contribution in [2.75, 3.05) is 24.7 Å². The number of H-pyrrole nitrogens is 1. The van der Waals surface area contributed by atoms with Gasteiger partial charge >= 0.3 is 0 Å². The van der Waals surface area contributed by atoms with Gasteiger partial charge in [-0.15, -0.1) is 0 Å². The van der Waals surface area contributed by atoms with Crippen molar-refractivity contribution in [2.45, 2.75) is 44.6 Å². The second-order valence-electron chi connectivity index (χ2n) is 7.67. The summed E-state index contributed by atoms with van der Waals surface area (Å²) in [4.78, 5) is 20.0. The molecule has 1 aliphatic heterocycles. The van der Waals surface area contributed by atoms with E-state index in [1.54, 1.807) is 0 Å². The summed E-state index contributed by atoms with van der Waals surface area (Å²) in [7, 11) is 0. The minimum absolute atomic E-state index is 0.322. The van der Waals surface area contributed by atoms with Crippen LogP contribution in [0.5, 0.6) is 0 Å². The van der Waals surface area contributed by atoms with Crippen LogP contribution >= 0.6 is 0 Å². The van der Waals surface area contributed by atoms with Crippen LogP contribution in [-0.2, 0) is 4.74 Å². The molecule has 1 saturated heterocycles. The van der Waals surface area contributed by atoms with Gasteiger partial charge in [0.1, 0.15) is 11.5 Å². The molecule has 1 N–H and O–H groups in total. The van der Waals surface area contributed by atoms with Crippen molar-refractivity contribution < 1.29 is 4.74 Å². The van der Waals surface area contributed by atoms with E-state index in [0.29, 0.717) is 12.0 Å². The highest BCUT2D eigenvalue weighted by atomic mass is 16.5. The summed E-state index contributed by atoms with van der Waals surface area (Å²) < 4.78 is 5.63. The smallest absolute Gasteiger partial charge is 0.162 e.